The summed E-state index contributed by atoms with van der Waals surface area (Å²) < 4.78 is 26.4. The number of methoxy groups -OCH3 is 1. The molecule has 1 aliphatic heterocycles. The van der Waals surface area contributed by atoms with E-state index in [0.29, 0.717) is 45.1 Å². The minimum atomic E-state index is -0.429. The Morgan fingerprint density at radius 1 is 1.26 bits per heavy atom. The summed E-state index contributed by atoms with van der Waals surface area (Å²) in [6.45, 7) is 2.25. The highest BCUT2D eigenvalue weighted by atomic mass is 32.1. The summed E-state index contributed by atoms with van der Waals surface area (Å²) in [7, 11) is 1.51. The molecule has 1 fully saturated rings. The smallest absolute Gasteiger partial charge is 0.300 e. The molecule has 5 rings (SSSR count). The maximum Gasteiger partial charge on any atom is 0.300 e. The summed E-state index contributed by atoms with van der Waals surface area (Å²) in [6, 6.07) is 3.94. The normalized spacial score (nSPS) is 15.6. The average Bonchev–Trinajstić information content (AvgIpc) is 3.55. The third-order valence-corrected chi connectivity index (χ3v) is 6.86. The zero-order chi connectivity index (χ0) is 23.8. The van der Waals surface area contributed by atoms with Crippen LogP contribution in [0.5, 0.6) is 11.8 Å². The summed E-state index contributed by atoms with van der Waals surface area (Å²) in [5.41, 5.74) is 1.04. The summed E-state index contributed by atoms with van der Waals surface area (Å²) in [6.07, 6.45) is 3.60. The Balaban J connectivity index is 1.54. The van der Waals surface area contributed by atoms with Gasteiger partial charge in [-0.15, -0.1) is 4.80 Å². The number of carbonyl (C=O) groups excluding carboxylic acids is 1. The average molecular weight is 485 g/mol. The monoisotopic (exact) mass is 484 g/mol. The number of hydrogen-bond donors (Lipinski definition) is 1. The van der Waals surface area contributed by atoms with Crippen molar-refractivity contribution >= 4 is 27.5 Å². The highest BCUT2D eigenvalue weighted by Crippen LogP contribution is 2.32. The summed E-state index contributed by atoms with van der Waals surface area (Å²) in [4.78, 5) is 32.1. The number of ether oxygens (including phenoxy) is 2. The van der Waals surface area contributed by atoms with Gasteiger partial charge >= 0.3 is 6.01 Å². The number of halogens is 1. The first kappa shape index (κ1) is 22.0. The van der Waals surface area contributed by atoms with Crippen LogP contribution < -0.4 is 20.3 Å². The van der Waals surface area contributed by atoms with E-state index in [4.69, 9.17) is 9.47 Å². The predicted octanol–water partition coefficient (Wildman–Crippen LogP) is 2.18. The molecule has 0 bridgehead atoms. The number of nitrogens with zero attached hydrogens (tertiary/aromatic N) is 5. The fourth-order valence-electron chi connectivity index (χ4n) is 4.07. The Hall–Kier alpha value is -3.80. The van der Waals surface area contributed by atoms with Crippen molar-refractivity contribution in [1.82, 2.24) is 29.9 Å². The summed E-state index contributed by atoms with van der Waals surface area (Å²) in [5, 5.41) is 12.2. The van der Waals surface area contributed by atoms with E-state index < -0.39 is 6.04 Å². The van der Waals surface area contributed by atoms with E-state index in [-0.39, 0.29) is 36.3 Å². The van der Waals surface area contributed by atoms with Crippen molar-refractivity contribution in [1.29, 1.82) is 0 Å². The van der Waals surface area contributed by atoms with Crippen molar-refractivity contribution in [2.45, 2.75) is 25.8 Å². The summed E-state index contributed by atoms with van der Waals surface area (Å²) >= 11 is 1.28. The van der Waals surface area contributed by atoms with Crippen molar-refractivity contribution in [2.24, 2.45) is 0 Å². The van der Waals surface area contributed by atoms with Crippen LogP contribution in [0.2, 0.25) is 0 Å². The number of fused-ring (bicyclic) bond motifs is 1. The number of nitrogens with one attached hydrogen (secondary N) is 1. The lowest BCUT2D eigenvalue weighted by molar-refractivity contribution is -0.119. The molecule has 1 atom stereocenters. The predicted molar refractivity (Wildman–Crippen MR) is 122 cm³/mol. The molecule has 4 aromatic rings. The molecule has 0 aliphatic carbocycles. The fraction of sp³-hybridized carbons (Fsp3) is 0.318. The molecular formula is C22H21FN6O4S. The molecule has 1 amide bonds. The van der Waals surface area contributed by atoms with Crippen LogP contribution in [-0.2, 0) is 11.2 Å². The van der Waals surface area contributed by atoms with Crippen LogP contribution in [0, 0.1) is 12.7 Å². The first-order chi connectivity index (χ1) is 16.5. The van der Waals surface area contributed by atoms with Gasteiger partial charge in [-0.1, -0.05) is 11.3 Å². The molecule has 176 valence electrons. The Labute approximate surface area is 196 Å². The molecule has 1 saturated heterocycles. The maximum atomic E-state index is 13.7. The van der Waals surface area contributed by atoms with Gasteiger partial charge < -0.3 is 14.8 Å². The van der Waals surface area contributed by atoms with Gasteiger partial charge in [0.25, 0.3) is 5.56 Å². The van der Waals surface area contributed by atoms with E-state index in [2.05, 4.69) is 20.5 Å². The van der Waals surface area contributed by atoms with Crippen molar-refractivity contribution in [2.75, 3.05) is 20.3 Å². The number of benzene rings is 1. The Kier molecular flexibility index (Phi) is 5.74. The molecule has 34 heavy (non-hydrogen) atoms. The van der Waals surface area contributed by atoms with Crippen LogP contribution in [0.25, 0.3) is 15.2 Å². The molecule has 0 saturated carbocycles. The summed E-state index contributed by atoms with van der Waals surface area (Å²) in [5.74, 6) is 0.0224. The van der Waals surface area contributed by atoms with Gasteiger partial charge in [0, 0.05) is 30.5 Å². The molecule has 12 heteroatoms. The lowest BCUT2D eigenvalue weighted by Crippen LogP contribution is -2.29. The third kappa shape index (κ3) is 3.89. The Bertz CT molecular complexity index is 1430. The second kappa shape index (κ2) is 8.86. The second-order valence-corrected chi connectivity index (χ2v) is 8.79. The molecule has 0 radical (unpaired) electrons. The van der Waals surface area contributed by atoms with Gasteiger partial charge in [0.15, 0.2) is 0 Å². The zero-order valence-electron chi connectivity index (χ0n) is 18.4. The largest absolute Gasteiger partial charge is 0.496 e. The van der Waals surface area contributed by atoms with Crippen LogP contribution in [0.3, 0.4) is 0 Å². The molecule has 4 heterocycles. The van der Waals surface area contributed by atoms with Gasteiger partial charge in [0.2, 0.25) is 5.91 Å². The molecule has 1 aromatic carbocycles. The number of hydrogen-bond acceptors (Lipinski definition) is 8. The molecule has 3 aromatic heterocycles. The topological polar surface area (TPSA) is 113 Å². The van der Waals surface area contributed by atoms with E-state index in [1.54, 1.807) is 18.5 Å². The van der Waals surface area contributed by atoms with Gasteiger partial charge in [-0.25, -0.2) is 4.39 Å². The first-order valence-corrected chi connectivity index (χ1v) is 11.4. The van der Waals surface area contributed by atoms with Gasteiger partial charge in [-0.3, -0.25) is 14.2 Å². The van der Waals surface area contributed by atoms with Crippen LogP contribution in [0.1, 0.15) is 23.6 Å². The minimum Gasteiger partial charge on any atom is -0.496 e. The lowest BCUT2D eigenvalue weighted by atomic mass is 10.1. The van der Waals surface area contributed by atoms with Crippen molar-refractivity contribution < 1.29 is 18.7 Å². The van der Waals surface area contributed by atoms with Gasteiger partial charge in [0.1, 0.15) is 21.4 Å². The first-order valence-electron chi connectivity index (χ1n) is 10.6. The van der Waals surface area contributed by atoms with Gasteiger partial charge in [-0.2, -0.15) is 15.2 Å². The van der Waals surface area contributed by atoms with E-state index in [9.17, 15) is 14.0 Å². The van der Waals surface area contributed by atoms with E-state index in [0.717, 1.165) is 0 Å². The van der Waals surface area contributed by atoms with Gasteiger partial charge in [-0.05, 0) is 25.1 Å². The van der Waals surface area contributed by atoms with Crippen molar-refractivity contribution in [3.8, 4) is 16.8 Å². The minimum absolute atomic E-state index is 0.107. The molecule has 0 spiro atoms. The zero-order valence-corrected chi connectivity index (χ0v) is 19.3. The van der Waals surface area contributed by atoms with Crippen molar-refractivity contribution in [3.63, 3.8) is 0 Å². The quantitative estimate of drug-likeness (QED) is 0.428. The molecular weight excluding hydrogens is 463 g/mol. The number of rotatable bonds is 7. The molecule has 10 nitrogen and oxygen atoms in total. The second-order valence-electron chi connectivity index (χ2n) is 7.82. The standard InChI is InChI=1S/C22H21FN6O4S/c1-12-18-19(34-21(12)29-25-6-7-26-29)27-22(28(20(18)31)15-10-17(30)24-11-15)33-8-5-13-9-14(23)3-4-16(13)32-2/h3-4,6-7,9,15H,5,8,10-11H2,1-2H3,(H,24,30). The molecule has 1 N–H and O–H groups in total. The van der Waals surface area contributed by atoms with Crippen LogP contribution in [0.15, 0.2) is 35.4 Å². The SMILES string of the molecule is COc1ccc(F)cc1CCOc1nc2sc(-n3nccn3)c(C)c2c(=O)n1C1CNC(=O)C1. The lowest BCUT2D eigenvalue weighted by Gasteiger charge is -2.17. The highest BCUT2D eigenvalue weighted by Gasteiger charge is 2.29. The Morgan fingerprint density at radius 3 is 2.76 bits per heavy atom. The molecule has 1 aliphatic rings. The fourth-order valence-corrected chi connectivity index (χ4v) is 5.15. The number of amides is 1. The number of carbonyl (C=O) groups is 1. The van der Waals surface area contributed by atoms with Crippen LogP contribution in [0.4, 0.5) is 4.39 Å². The van der Waals surface area contributed by atoms with Crippen LogP contribution in [-0.4, -0.2) is 50.7 Å². The maximum absolute atomic E-state index is 13.7. The highest BCUT2D eigenvalue weighted by molar-refractivity contribution is 7.21. The van der Waals surface area contributed by atoms with Crippen molar-refractivity contribution in [3.05, 3.63) is 57.9 Å². The Morgan fingerprint density at radius 2 is 2.06 bits per heavy atom. The number of aromatic nitrogens is 5. The van der Waals surface area contributed by atoms with Gasteiger partial charge in [0.05, 0.1) is 37.5 Å². The van der Waals surface area contributed by atoms with E-state index >= 15 is 0 Å². The number of thiophene rings is 1. The van der Waals surface area contributed by atoms with E-state index in [1.807, 2.05) is 6.92 Å². The third-order valence-electron chi connectivity index (χ3n) is 5.71. The molecule has 1 unspecified atom stereocenters. The van der Waals surface area contributed by atoms with E-state index in [1.165, 1.54) is 39.9 Å². The van der Waals surface area contributed by atoms with Crippen LogP contribution >= 0.6 is 11.3 Å². The number of aryl methyl sites for hydroxylation is 1.